The maximum Gasteiger partial charge on any atom is 0.312 e. The lowest BCUT2D eigenvalue weighted by Gasteiger charge is -2.22. The van der Waals surface area contributed by atoms with Crippen LogP contribution >= 0.6 is 0 Å². The van der Waals surface area contributed by atoms with Crippen LogP contribution < -0.4 is 10.1 Å². The first-order chi connectivity index (χ1) is 9.40. The number of benzene rings is 1. The maximum absolute atomic E-state index is 11.1. The van der Waals surface area contributed by atoms with Crippen LogP contribution in [0.2, 0.25) is 0 Å². The summed E-state index contributed by atoms with van der Waals surface area (Å²) in [5.74, 6) is -0.0290. The number of carboxylic acid groups (broad SMARTS) is 1. The molecule has 0 amide bonds. The van der Waals surface area contributed by atoms with Crippen molar-refractivity contribution >= 4 is 5.97 Å². The van der Waals surface area contributed by atoms with Gasteiger partial charge in [0.1, 0.15) is 12.4 Å². The van der Waals surface area contributed by atoms with Crippen molar-refractivity contribution in [3.8, 4) is 5.75 Å². The van der Waals surface area contributed by atoms with Gasteiger partial charge >= 0.3 is 5.97 Å². The molecule has 4 heteroatoms. The largest absolute Gasteiger partial charge is 0.492 e. The lowest BCUT2D eigenvalue weighted by atomic mass is 9.95. The fourth-order valence-corrected chi connectivity index (χ4v) is 1.92. The summed E-state index contributed by atoms with van der Waals surface area (Å²) in [6.07, 6.45) is 2.49. The second kappa shape index (κ2) is 5.83. The Labute approximate surface area is 120 Å². The van der Waals surface area contributed by atoms with Gasteiger partial charge < -0.3 is 15.2 Å². The molecule has 1 aromatic rings. The summed E-state index contributed by atoms with van der Waals surface area (Å²) < 4.78 is 5.83. The maximum atomic E-state index is 11.1. The summed E-state index contributed by atoms with van der Waals surface area (Å²) >= 11 is 0. The summed E-state index contributed by atoms with van der Waals surface area (Å²) in [6.45, 7) is 6.29. The Morgan fingerprint density at radius 2 is 2.15 bits per heavy atom. The van der Waals surface area contributed by atoms with Gasteiger partial charge in [0, 0.05) is 18.2 Å². The van der Waals surface area contributed by atoms with Crippen molar-refractivity contribution in [1.82, 2.24) is 5.32 Å². The molecular weight excluding hydrogens is 254 g/mol. The fourth-order valence-electron chi connectivity index (χ4n) is 1.92. The molecule has 0 radical (unpaired) electrons. The molecular formula is C16H23NO3. The van der Waals surface area contributed by atoms with E-state index in [4.69, 9.17) is 9.84 Å². The van der Waals surface area contributed by atoms with Gasteiger partial charge in [-0.15, -0.1) is 0 Å². The molecule has 1 saturated carbocycles. The van der Waals surface area contributed by atoms with Gasteiger partial charge in [-0.2, -0.15) is 0 Å². The Morgan fingerprint density at radius 3 is 2.75 bits per heavy atom. The molecule has 0 atom stereocenters. The van der Waals surface area contributed by atoms with Crippen LogP contribution in [0.4, 0.5) is 0 Å². The highest BCUT2D eigenvalue weighted by Crippen LogP contribution is 2.27. The summed E-state index contributed by atoms with van der Waals surface area (Å²) in [6, 6.07) is 6.67. The molecule has 0 saturated heterocycles. The van der Waals surface area contributed by atoms with Crippen molar-refractivity contribution in [1.29, 1.82) is 0 Å². The summed E-state index contributed by atoms with van der Waals surface area (Å²) in [7, 11) is 0. The topological polar surface area (TPSA) is 58.6 Å². The number of aryl methyl sites for hydroxylation is 1. The molecule has 2 N–H and O–H groups in total. The third-order valence-electron chi connectivity index (χ3n) is 3.61. The number of rotatable bonds is 7. The van der Waals surface area contributed by atoms with E-state index in [1.165, 1.54) is 12.8 Å². The zero-order valence-corrected chi connectivity index (χ0v) is 12.4. The second-order valence-corrected chi connectivity index (χ2v) is 6.20. The van der Waals surface area contributed by atoms with E-state index in [1.807, 2.05) is 25.1 Å². The summed E-state index contributed by atoms with van der Waals surface area (Å²) in [5, 5.41) is 12.6. The molecule has 0 aliphatic heterocycles. The van der Waals surface area contributed by atoms with Crippen molar-refractivity contribution < 1.29 is 14.6 Å². The predicted octanol–water partition coefficient (Wildman–Crippen LogP) is 2.74. The van der Waals surface area contributed by atoms with Gasteiger partial charge in [-0.1, -0.05) is 18.2 Å². The van der Waals surface area contributed by atoms with E-state index < -0.39 is 11.4 Å². The number of carbonyl (C=O) groups is 1. The van der Waals surface area contributed by atoms with Gasteiger partial charge in [0.05, 0.1) is 5.41 Å². The van der Waals surface area contributed by atoms with E-state index in [0.29, 0.717) is 6.04 Å². The molecule has 1 fully saturated rings. The summed E-state index contributed by atoms with van der Waals surface area (Å²) in [5.41, 5.74) is 1.25. The zero-order chi connectivity index (χ0) is 14.8. The van der Waals surface area contributed by atoms with Crippen LogP contribution in [0.5, 0.6) is 5.75 Å². The van der Waals surface area contributed by atoms with E-state index in [1.54, 1.807) is 13.8 Å². The zero-order valence-electron chi connectivity index (χ0n) is 12.4. The molecule has 110 valence electrons. The third kappa shape index (κ3) is 3.73. The highest BCUT2D eigenvalue weighted by molar-refractivity contribution is 5.73. The van der Waals surface area contributed by atoms with Crippen LogP contribution in [0.25, 0.3) is 0 Å². The quantitative estimate of drug-likeness (QED) is 0.804. The number of nitrogens with one attached hydrogen (secondary N) is 1. The number of ether oxygens (including phenoxy) is 1. The van der Waals surface area contributed by atoms with E-state index in [9.17, 15) is 4.79 Å². The molecule has 4 nitrogen and oxygen atoms in total. The third-order valence-corrected chi connectivity index (χ3v) is 3.61. The Morgan fingerprint density at radius 1 is 1.45 bits per heavy atom. The molecule has 0 heterocycles. The average Bonchev–Trinajstić information content (AvgIpc) is 3.19. The van der Waals surface area contributed by atoms with Crippen molar-refractivity contribution in [3.63, 3.8) is 0 Å². The molecule has 0 spiro atoms. The predicted molar refractivity (Wildman–Crippen MR) is 78.0 cm³/mol. The Hall–Kier alpha value is -1.55. The number of hydrogen-bond acceptors (Lipinski definition) is 3. The van der Waals surface area contributed by atoms with Gasteiger partial charge in [0.25, 0.3) is 0 Å². The lowest BCUT2D eigenvalue weighted by Crippen LogP contribution is -2.31. The van der Waals surface area contributed by atoms with Crippen molar-refractivity contribution in [2.75, 3.05) is 6.61 Å². The first kappa shape index (κ1) is 14.9. The highest BCUT2D eigenvalue weighted by Gasteiger charge is 2.29. The minimum absolute atomic E-state index is 0.170. The van der Waals surface area contributed by atoms with Crippen molar-refractivity contribution in [2.45, 2.75) is 46.2 Å². The van der Waals surface area contributed by atoms with E-state index in [2.05, 4.69) is 5.32 Å². The van der Waals surface area contributed by atoms with Crippen LogP contribution in [0.3, 0.4) is 0 Å². The van der Waals surface area contributed by atoms with Gasteiger partial charge in [0.15, 0.2) is 0 Å². The van der Waals surface area contributed by atoms with Crippen molar-refractivity contribution in [2.24, 2.45) is 5.41 Å². The fraction of sp³-hybridized carbons (Fsp3) is 0.562. The highest BCUT2D eigenvalue weighted by atomic mass is 16.5. The molecule has 0 aromatic heterocycles. The SMILES string of the molecule is Cc1cccc(CNC2CC2)c1OCC(C)(C)C(=O)O. The second-order valence-electron chi connectivity index (χ2n) is 6.20. The number of carboxylic acids is 1. The van der Waals surface area contributed by atoms with Crippen LogP contribution in [-0.2, 0) is 11.3 Å². The van der Waals surface area contributed by atoms with Crippen LogP contribution in [0.1, 0.15) is 37.8 Å². The molecule has 1 aliphatic rings. The van der Waals surface area contributed by atoms with Crippen LogP contribution in [0.15, 0.2) is 18.2 Å². The Bertz CT molecular complexity index is 492. The smallest absolute Gasteiger partial charge is 0.312 e. The summed E-state index contributed by atoms with van der Waals surface area (Å²) in [4.78, 5) is 11.1. The molecule has 20 heavy (non-hydrogen) atoms. The van der Waals surface area contributed by atoms with Gasteiger partial charge in [0.2, 0.25) is 0 Å². The van der Waals surface area contributed by atoms with Crippen LogP contribution in [-0.4, -0.2) is 23.7 Å². The Balaban J connectivity index is 2.06. The first-order valence-electron chi connectivity index (χ1n) is 7.08. The van der Waals surface area contributed by atoms with Gasteiger partial charge in [-0.25, -0.2) is 0 Å². The molecule has 0 bridgehead atoms. The van der Waals surface area contributed by atoms with Crippen LogP contribution in [0, 0.1) is 12.3 Å². The van der Waals surface area contributed by atoms with Crippen molar-refractivity contribution in [3.05, 3.63) is 29.3 Å². The van der Waals surface area contributed by atoms with Gasteiger partial charge in [-0.3, -0.25) is 4.79 Å². The minimum atomic E-state index is -0.885. The van der Waals surface area contributed by atoms with E-state index >= 15 is 0 Å². The first-order valence-corrected chi connectivity index (χ1v) is 7.08. The van der Waals surface area contributed by atoms with Gasteiger partial charge in [-0.05, 0) is 39.2 Å². The molecule has 1 aliphatic carbocycles. The molecule has 0 unspecified atom stereocenters. The average molecular weight is 277 g/mol. The minimum Gasteiger partial charge on any atom is -0.492 e. The number of para-hydroxylation sites is 1. The lowest BCUT2D eigenvalue weighted by molar-refractivity contribution is -0.148. The molecule has 2 rings (SSSR count). The van der Waals surface area contributed by atoms with E-state index in [0.717, 1.165) is 23.4 Å². The number of hydrogen-bond donors (Lipinski definition) is 2. The monoisotopic (exact) mass is 277 g/mol. The Kier molecular flexibility index (Phi) is 4.33. The molecule has 1 aromatic carbocycles. The van der Waals surface area contributed by atoms with E-state index in [-0.39, 0.29) is 6.61 Å². The normalized spacial score (nSPS) is 15.2. The number of aliphatic carboxylic acids is 1. The standard InChI is InChI=1S/C16H23NO3/c1-11-5-4-6-12(9-17-13-7-8-13)14(11)20-10-16(2,3)15(18)19/h4-6,13,17H,7-10H2,1-3H3,(H,18,19).